The fraction of sp³-hybridized carbons (Fsp3) is 0.500. The number of benzene rings is 1. The van der Waals surface area contributed by atoms with Gasteiger partial charge in [-0.2, -0.15) is 0 Å². The van der Waals surface area contributed by atoms with Crippen LogP contribution >= 0.6 is 0 Å². The van der Waals surface area contributed by atoms with Crippen LogP contribution in [0.5, 0.6) is 0 Å². The number of hydrogen-bond acceptors (Lipinski definition) is 4. The quantitative estimate of drug-likeness (QED) is 0.845. The van der Waals surface area contributed by atoms with E-state index in [9.17, 15) is 9.59 Å². The molecule has 1 saturated heterocycles. The van der Waals surface area contributed by atoms with Crippen molar-refractivity contribution in [3.63, 3.8) is 0 Å². The van der Waals surface area contributed by atoms with Gasteiger partial charge in [0.25, 0.3) is 5.56 Å². The first-order chi connectivity index (χ1) is 11.6. The average Bonchev–Trinajstić information content (AvgIpc) is 3.43. The molecular weight excluding hydrogens is 304 g/mol. The lowest BCUT2D eigenvalue weighted by Crippen LogP contribution is -2.50. The summed E-state index contributed by atoms with van der Waals surface area (Å²) in [6, 6.07) is 6.30. The number of para-hydroxylation sites is 1. The van der Waals surface area contributed by atoms with Crippen LogP contribution in [0.3, 0.4) is 0 Å². The Morgan fingerprint density at radius 2 is 1.96 bits per heavy atom. The van der Waals surface area contributed by atoms with Crippen molar-refractivity contribution in [2.75, 3.05) is 26.2 Å². The number of hydrogen-bond donors (Lipinski definition) is 0. The third kappa shape index (κ3) is 2.82. The van der Waals surface area contributed by atoms with Crippen molar-refractivity contribution in [1.29, 1.82) is 0 Å². The minimum absolute atomic E-state index is 0.00125. The molecule has 2 heterocycles. The highest BCUT2D eigenvalue weighted by Gasteiger charge is 2.32. The predicted octanol–water partition coefficient (Wildman–Crippen LogP) is 1.01. The van der Waals surface area contributed by atoms with Gasteiger partial charge >= 0.3 is 0 Å². The van der Waals surface area contributed by atoms with Crippen LogP contribution in [-0.2, 0) is 11.3 Å². The minimum atomic E-state index is -0.145. The van der Waals surface area contributed by atoms with Crippen LogP contribution in [0.15, 0.2) is 29.3 Å². The molecular formula is C18H22N4O2. The summed E-state index contributed by atoms with van der Waals surface area (Å²) in [5.74, 6) is 0.00125. The van der Waals surface area contributed by atoms with Crippen molar-refractivity contribution in [2.24, 2.45) is 0 Å². The summed E-state index contributed by atoms with van der Waals surface area (Å²) in [5.41, 5.74) is 1.54. The Morgan fingerprint density at radius 1 is 1.21 bits per heavy atom. The molecule has 1 aliphatic heterocycles. The van der Waals surface area contributed by atoms with Crippen LogP contribution < -0.4 is 5.56 Å². The lowest BCUT2D eigenvalue weighted by Gasteiger charge is -2.34. The van der Waals surface area contributed by atoms with E-state index in [1.165, 1.54) is 23.7 Å². The van der Waals surface area contributed by atoms with Crippen molar-refractivity contribution in [3.05, 3.63) is 40.4 Å². The van der Waals surface area contributed by atoms with E-state index in [0.717, 1.165) is 37.8 Å². The second-order valence-corrected chi connectivity index (χ2v) is 6.80. The van der Waals surface area contributed by atoms with Crippen molar-refractivity contribution >= 4 is 16.8 Å². The molecule has 2 fully saturated rings. The SMILES string of the molecule is Cc1cccc2c(=O)n(CC(=O)N3CCN(C4CC4)CC3)cnc12. The summed E-state index contributed by atoms with van der Waals surface area (Å²) in [5, 5.41) is 0.573. The molecule has 6 nitrogen and oxygen atoms in total. The van der Waals surface area contributed by atoms with Gasteiger partial charge in [0.1, 0.15) is 6.54 Å². The van der Waals surface area contributed by atoms with Gasteiger partial charge in [0.05, 0.1) is 17.2 Å². The topological polar surface area (TPSA) is 58.4 Å². The summed E-state index contributed by atoms with van der Waals surface area (Å²) in [6.07, 6.45) is 4.09. The molecule has 4 rings (SSSR count). The van der Waals surface area contributed by atoms with E-state index in [1.807, 2.05) is 24.0 Å². The van der Waals surface area contributed by atoms with E-state index in [-0.39, 0.29) is 18.0 Å². The Balaban J connectivity index is 1.49. The maximum Gasteiger partial charge on any atom is 0.261 e. The van der Waals surface area contributed by atoms with Gasteiger partial charge in [-0.1, -0.05) is 12.1 Å². The van der Waals surface area contributed by atoms with Gasteiger partial charge in [-0.05, 0) is 31.4 Å². The van der Waals surface area contributed by atoms with Crippen LogP contribution in [-0.4, -0.2) is 57.5 Å². The number of piperazine rings is 1. The zero-order chi connectivity index (χ0) is 16.7. The summed E-state index contributed by atoms with van der Waals surface area (Å²) in [4.78, 5) is 33.8. The molecule has 0 atom stereocenters. The summed E-state index contributed by atoms with van der Waals surface area (Å²) < 4.78 is 1.43. The average molecular weight is 326 g/mol. The lowest BCUT2D eigenvalue weighted by atomic mass is 10.1. The molecule has 1 aliphatic carbocycles. The largest absolute Gasteiger partial charge is 0.339 e. The zero-order valence-electron chi connectivity index (χ0n) is 13.9. The number of aromatic nitrogens is 2. The van der Waals surface area contributed by atoms with Crippen molar-refractivity contribution < 1.29 is 4.79 Å². The number of fused-ring (bicyclic) bond motifs is 1. The third-order valence-electron chi connectivity index (χ3n) is 5.09. The highest BCUT2D eigenvalue weighted by molar-refractivity contribution is 5.81. The molecule has 126 valence electrons. The molecule has 0 unspecified atom stereocenters. The third-order valence-corrected chi connectivity index (χ3v) is 5.09. The number of carbonyl (C=O) groups excluding carboxylic acids is 1. The standard InChI is InChI=1S/C18H22N4O2/c1-13-3-2-4-15-17(13)19-12-22(18(15)24)11-16(23)21-9-7-20(8-10-21)14-5-6-14/h2-4,12,14H,5-11H2,1H3. The molecule has 1 aromatic carbocycles. The Bertz CT molecular complexity index is 833. The second kappa shape index (κ2) is 6.02. The molecule has 6 heteroatoms. The number of rotatable bonds is 3. The summed E-state index contributed by atoms with van der Waals surface area (Å²) in [7, 11) is 0. The zero-order valence-corrected chi connectivity index (χ0v) is 13.9. The second-order valence-electron chi connectivity index (χ2n) is 6.80. The highest BCUT2D eigenvalue weighted by atomic mass is 16.2. The molecule has 1 aromatic heterocycles. The first-order valence-corrected chi connectivity index (χ1v) is 8.60. The van der Waals surface area contributed by atoms with E-state index in [4.69, 9.17) is 0 Å². The molecule has 2 aromatic rings. The number of amides is 1. The fourth-order valence-electron chi connectivity index (χ4n) is 3.47. The van der Waals surface area contributed by atoms with Crippen LogP contribution in [0.4, 0.5) is 0 Å². The number of nitrogens with zero attached hydrogens (tertiary/aromatic N) is 4. The summed E-state index contributed by atoms with van der Waals surface area (Å²) >= 11 is 0. The molecule has 0 spiro atoms. The van der Waals surface area contributed by atoms with E-state index < -0.39 is 0 Å². The minimum Gasteiger partial charge on any atom is -0.339 e. The highest BCUT2D eigenvalue weighted by Crippen LogP contribution is 2.27. The maximum atomic E-state index is 12.6. The van der Waals surface area contributed by atoms with E-state index in [1.54, 1.807) is 6.07 Å². The predicted molar refractivity (Wildman–Crippen MR) is 91.9 cm³/mol. The van der Waals surface area contributed by atoms with Gasteiger partial charge < -0.3 is 4.90 Å². The van der Waals surface area contributed by atoms with Gasteiger partial charge in [0, 0.05) is 32.2 Å². The Kier molecular flexibility index (Phi) is 3.84. The van der Waals surface area contributed by atoms with Crippen LogP contribution in [0.1, 0.15) is 18.4 Å². The molecule has 2 aliphatic rings. The molecule has 1 saturated carbocycles. The van der Waals surface area contributed by atoms with Crippen molar-refractivity contribution in [1.82, 2.24) is 19.4 Å². The molecule has 0 bridgehead atoms. The van der Waals surface area contributed by atoms with Gasteiger partial charge in [-0.15, -0.1) is 0 Å². The Hall–Kier alpha value is -2.21. The molecule has 1 amide bonds. The first-order valence-electron chi connectivity index (χ1n) is 8.60. The van der Waals surface area contributed by atoms with Crippen molar-refractivity contribution in [2.45, 2.75) is 32.4 Å². The Labute approximate surface area is 140 Å². The van der Waals surface area contributed by atoms with Gasteiger partial charge in [-0.25, -0.2) is 4.98 Å². The van der Waals surface area contributed by atoms with E-state index >= 15 is 0 Å². The Morgan fingerprint density at radius 3 is 2.67 bits per heavy atom. The van der Waals surface area contributed by atoms with Crippen LogP contribution in [0.2, 0.25) is 0 Å². The maximum absolute atomic E-state index is 12.6. The summed E-state index contributed by atoms with van der Waals surface area (Å²) in [6.45, 7) is 5.40. The van der Waals surface area contributed by atoms with Gasteiger partial charge in [0.2, 0.25) is 5.91 Å². The molecule has 0 radical (unpaired) electrons. The lowest BCUT2D eigenvalue weighted by molar-refractivity contribution is -0.133. The normalized spacial score (nSPS) is 19.0. The smallest absolute Gasteiger partial charge is 0.261 e. The van der Waals surface area contributed by atoms with Gasteiger partial charge in [-0.3, -0.25) is 19.1 Å². The molecule has 24 heavy (non-hydrogen) atoms. The fourth-order valence-corrected chi connectivity index (χ4v) is 3.47. The first kappa shape index (κ1) is 15.3. The van der Waals surface area contributed by atoms with Gasteiger partial charge in [0.15, 0.2) is 0 Å². The van der Waals surface area contributed by atoms with E-state index in [0.29, 0.717) is 10.9 Å². The molecule has 0 N–H and O–H groups in total. The van der Waals surface area contributed by atoms with Crippen LogP contribution in [0.25, 0.3) is 10.9 Å². The van der Waals surface area contributed by atoms with E-state index in [2.05, 4.69) is 9.88 Å². The van der Waals surface area contributed by atoms with Crippen molar-refractivity contribution in [3.8, 4) is 0 Å². The number of aryl methyl sites for hydroxylation is 1. The number of carbonyl (C=O) groups is 1. The van der Waals surface area contributed by atoms with Crippen LogP contribution in [0, 0.1) is 6.92 Å². The monoisotopic (exact) mass is 326 g/mol.